The highest BCUT2D eigenvalue weighted by Gasteiger charge is 2.22. The van der Waals surface area contributed by atoms with Gasteiger partial charge < -0.3 is 4.74 Å². The predicted octanol–water partition coefficient (Wildman–Crippen LogP) is 2.36. The number of methoxy groups -OCH3 is 1. The number of hydrogen-bond donors (Lipinski definition) is 0. The molecule has 0 saturated heterocycles. The van der Waals surface area contributed by atoms with Crippen molar-refractivity contribution in [3.63, 3.8) is 0 Å². The second-order valence-corrected chi connectivity index (χ2v) is 5.39. The molecule has 0 aliphatic heterocycles. The molecular formula is C12H17ClN4O. The number of aryl methyl sites for hydroxylation is 1. The minimum Gasteiger partial charge on any atom is -0.378 e. The lowest BCUT2D eigenvalue weighted by atomic mass is 10.1. The number of hydrogen-bond acceptors (Lipinski definition) is 4. The molecule has 0 radical (unpaired) electrons. The van der Waals surface area contributed by atoms with E-state index >= 15 is 0 Å². The third-order valence-electron chi connectivity index (χ3n) is 3.24. The molecule has 0 aromatic carbocycles. The molecule has 0 fully saturated rings. The van der Waals surface area contributed by atoms with Crippen LogP contribution in [0.15, 0.2) is 0 Å². The van der Waals surface area contributed by atoms with Gasteiger partial charge >= 0.3 is 0 Å². The van der Waals surface area contributed by atoms with Gasteiger partial charge in [-0.3, -0.25) is 0 Å². The molecule has 0 atom stereocenters. The first-order valence-electron chi connectivity index (χ1n) is 5.78. The summed E-state index contributed by atoms with van der Waals surface area (Å²) >= 11 is 6.11. The van der Waals surface area contributed by atoms with Crippen molar-refractivity contribution in [2.75, 3.05) is 7.11 Å². The molecule has 0 aliphatic rings. The molecule has 0 unspecified atom stereocenters. The Morgan fingerprint density at radius 2 is 1.89 bits per heavy atom. The first-order chi connectivity index (χ1) is 8.35. The highest BCUT2D eigenvalue weighted by atomic mass is 35.5. The van der Waals surface area contributed by atoms with Crippen molar-refractivity contribution in [2.24, 2.45) is 0 Å². The van der Waals surface area contributed by atoms with E-state index in [0.29, 0.717) is 11.6 Å². The molecule has 0 saturated carbocycles. The standard InChI is InChI=1S/C12H17ClN4O/c1-7-8(2)11-15-14-9(6-12(3,4)18-5)17(11)16-10(7)13/h6H2,1-5H3. The van der Waals surface area contributed by atoms with Crippen LogP contribution in [0.4, 0.5) is 0 Å². The second kappa shape index (κ2) is 4.48. The van der Waals surface area contributed by atoms with Crippen molar-refractivity contribution in [3.8, 4) is 0 Å². The van der Waals surface area contributed by atoms with Gasteiger partial charge in [-0.05, 0) is 33.3 Å². The van der Waals surface area contributed by atoms with Crippen LogP contribution in [0.1, 0.15) is 30.8 Å². The van der Waals surface area contributed by atoms with Crippen LogP contribution in [0.3, 0.4) is 0 Å². The Bertz CT molecular complexity index is 591. The normalized spacial score (nSPS) is 12.3. The summed E-state index contributed by atoms with van der Waals surface area (Å²) in [4.78, 5) is 0. The summed E-state index contributed by atoms with van der Waals surface area (Å²) in [6, 6.07) is 0. The van der Waals surface area contributed by atoms with Crippen molar-refractivity contribution in [1.29, 1.82) is 0 Å². The number of nitrogens with zero attached hydrogens (tertiary/aromatic N) is 4. The SMILES string of the molecule is COC(C)(C)Cc1nnc2c(C)c(C)c(Cl)nn12. The molecular weight excluding hydrogens is 252 g/mol. The van der Waals surface area contributed by atoms with Gasteiger partial charge in [0.15, 0.2) is 16.6 Å². The van der Waals surface area contributed by atoms with Crippen molar-refractivity contribution in [3.05, 3.63) is 22.1 Å². The van der Waals surface area contributed by atoms with Gasteiger partial charge in [0, 0.05) is 19.1 Å². The van der Waals surface area contributed by atoms with Gasteiger partial charge in [-0.1, -0.05) is 11.6 Å². The minimum atomic E-state index is -0.310. The minimum absolute atomic E-state index is 0.310. The quantitative estimate of drug-likeness (QED) is 0.858. The van der Waals surface area contributed by atoms with Crippen LogP contribution in [-0.4, -0.2) is 32.5 Å². The molecule has 5 nitrogen and oxygen atoms in total. The van der Waals surface area contributed by atoms with Gasteiger partial charge in [0.05, 0.1) is 5.60 Å². The first kappa shape index (κ1) is 13.2. The number of halogens is 1. The summed E-state index contributed by atoms with van der Waals surface area (Å²) in [6.07, 6.45) is 0.622. The summed E-state index contributed by atoms with van der Waals surface area (Å²) in [6.45, 7) is 7.89. The van der Waals surface area contributed by atoms with Gasteiger partial charge in [-0.25, -0.2) is 0 Å². The molecule has 18 heavy (non-hydrogen) atoms. The maximum atomic E-state index is 6.11. The topological polar surface area (TPSA) is 52.3 Å². The average Bonchev–Trinajstić information content (AvgIpc) is 2.69. The van der Waals surface area contributed by atoms with Crippen LogP contribution in [-0.2, 0) is 11.2 Å². The van der Waals surface area contributed by atoms with Crippen molar-refractivity contribution >= 4 is 17.2 Å². The lowest BCUT2D eigenvalue weighted by molar-refractivity contribution is 0.0212. The largest absolute Gasteiger partial charge is 0.378 e. The Hall–Kier alpha value is -1.20. The van der Waals surface area contributed by atoms with E-state index in [1.807, 2.05) is 27.7 Å². The zero-order valence-electron chi connectivity index (χ0n) is 11.3. The molecule has 2 heterocycles. The Balaban J connectivity index is 2.55. The Labute approximate surface area is 111 Å². The molecule has 2 aromatic heterocycles. The van der Waals surface area contributed by atoms with Gasteiger partial charge in [-0.15, -0.1) is 10.2 Å². The number of aromatic nitrogens is 4. The highest BCUT2D eigenvalue weighted by molar-refractivity contribution is 6.30. The zero-order chi connectivity index (χ0) is 13.5. The van der Waals surface area contributed by atoms with Crippen molar-refractivity contribution in [1.82, 2.24) is 19.8 Å². The lowest BCUT2D eigenvalue weighted by Gasteiger charge is -2.21. The molecule has 98 valence electrons. The molecule has 6 heteroatoms. The Morgan fingerprint density at radius 1 is 1.22 bits per heavy atom. The summed E-state index contributed by atoms with van der Waals surface area (Å²) < 4.78 is 7.10. The third-order valence-corrected chi connectivity index (χ3v) is 3.60. The van der Waals surface area contributed by atoms with E-state index in [9.17, 15) is 0 Å². The fourth-order valence-corrected chi connectivity index (χ4v) is 1.92. The number of rotatable bonds is 3. The van der Waals surface area contributed by atoms with Crippen LogP contribution in [0.25, 0.3) is 5.65 Å². The molecule has 0 spiro atoms. The van der Waals surface area contributed by atoms with E-state index in [2.05, 4.69) is 15.3 Å². The molecule has 0 bridgehead atoms. The number of ether oxygens (including phenoxy) is 1. The smallest absolute Gasteiger partial charge is 0.181 e. The molecule has 0 aliphatic carbocycles. The molecule has 2 rings (SSSR count). The molecule has 2 aromatic rings. The van der Waals surface area contributed by atoms with Crippen LogP contribution in [0.2, 0.25) is 5.15 Å². The molecule has 0 N–H and O–H groups in total. The van der Waals surface area contributed by atoms with Crippen molar-refractivity contribution in [2.45, 2.75) is 39.7 Å². The van der Waals surface area contributed by atoms with Crippen LogP contribution in [0.5, 0.6) is 0 Å². The van der Waals surface area contributed by atoms with Crippen molar-refractivity contribution < 1.29 is 4.74 Å². The third kappa shape index (κ3) is 2.20. The summed E-state index contributed by atoms with van der Waals surface area (Å²) in [5.41, 5.74) is 2.38. The van der Waals surface area contributed by atoms with Crippen LogP contribution >= 0.6 is 11.6 Å². The second-order valence-electron chi connectivity index (χ2n) is 5.03. The lowest BCUT2D eigenvalue weighted by Crippen LogP contribution is -2.27. The van der Waals surface area contributed by atoms with E-state index in [0.717, 1.165) is 22.6 Å². The maximum absolute atomic E-state index is 6.11. The monoisotopic (exact) mass is 268 g/mol. The van der Waals surface area contributed by atoms with Crippen LogP contribution in [0, 0.1) is 13.8 Å². The summed E-state index contributed by atoms with van der Waals surface area (Å²) in [5, 5.41) is 13.2. The highest BCUT2D eigenvalue weighted by Crippen LogP contribution is 2.21. The Morgan fingerprint density at radius 3 is 2.50 bits per heavy atom. The predicted molar refractivity (Wildman–Crippen MR) is 70.1 cm³/mol. The average molecular weight is 269 g/mol. The zero-order valence-corrected chi connectivity index (χ0v) is 12.0. The van der Waals surface area contributed by atoms with Gasteiger partial charge in [0.25, 0.3) is 0 Å². The van der Waals surface area contributed by atoms with E-state index in [1.54, 1.807) is 11.6 Å². The van der Waals surface area contributed by atoms with E-state index in [1.165, 1.54) is 0 Å². The van der Waals surface area contributed by atoms with E-state index < -0.39 is 0 Å². The first-order valence-corrected chi connectivity index (χ1v) is 6.15. The van der Waals surface area contributed by atoms with Gasteiger partial charge in [0.2, 0.25) is 0 Å². The number of fused-ring (bicyclic) bond motifs is 1. The van der Waals surface area contributed by atoms with E-state index in [4.69, 9.17) is 16.3 Å². The van der Waals surface area contributed by atoms with E-state index in [-0.39, 0.29) is 5.60 Å². The Kier molecular flexibility index (Phi) is 3.29. The van der Waals surface area contributed by atoms with Gasteiger partial charge in [0.1, 0.15) is 0 Å². The van der Waals surface area contributed by atoms with Gasteiger partial charge in [-0.2, -0.15) is 9.61 Å². The fraction of sp³-hybridized carbons (Fsp3) is 0.583. The van der Waals surface area contributed by atoms with Crippen LogP contribution < -0.4 is 0 Å². The fourth-order valence-electron chi connectivity index (χ4n) is 1.70. The maximum Gasteiger partial charge on any atom is 0.181 e. The summed E-state index contributed by atoms with van der Waals surface area (Å²) in [5.74, 6) is 0.752. The molecule has 0 amide bonds. The summed E-state index contributed by atoms with van der Waals surface area (Å²) in [7, 11) is 1.68.